The number of nitro benzene ring substituents is 1. The minimum absolute atomic E-state index is 0.172. The molecule has 0 saturated carbocycles. The Hall–Kier alpha value is -1.16. The van der Waals surface area contributed by atoms with Crippen LogP contribution in [0.2, 0.25) is 24.2 Å². The van der Waals surface area contributed by atoms with Gasteiger partial charge >= 0.3 is 0 Å². The van der Waals surface area contributed by atoms with Crippen molar-refractivity contribution in [2.75, 3.05) is 0 Å². The molecule has 0 spiro atoms. The van der Waals surface area contributed by atoms with Crippen LogP contribution in [-0.2, 0) is 6.42 Å². The van der Waals surface area contributed by atoms with Crippen molar-refractivity contribution in [3.63, 3.8) is 0 Å². The Labute approximate surface area is 110 Å². The summed E-state index contributed by atoms with van der Waals surface area (Å²) in [6, 6.07) is 8.17. The first-order valence-electron chi connectivity index (χ1n) is 6.37. The molecule has 100 valence electrons. The van der Waals surface area contributed by atoms with Gasteiger partial charge in [-0.05, 0) is 17.0 Å². The molecule has 0 atom stereocenters. The highest BCUT2D eigenvalue weighted by molar-refractivity contribution is 6.80. The van der Waals surface area contributed by atoms with Gasteiger partial charge in [-0.2, -0.15) is 0 Å². The van der Waals surface area contributed by atoms with Gasteiger partial charge in [0, 0.05) is 12.1 Å². The molecule has 0 fully saturated rings. The molecule has 1 aromatic rings. The molecule has 0 aromatic heterocycles. The van der Waals surface area contributed by atoms with Crippen molar-refractivity contribution in [2.24, 2.45) is 0 Å². The lowest BCUT2D eigenvalue weighted by Crippen LogP contribution is -2.37. The molecule has 0 aliphatic heterocycles. The van der Waals surface area contributed by atoms with E-state index in [1.807, 2.05) is 12.1 Å². The smallest absolute Gasteiger partial charge is 0.258 e. The zero-order valence-electron chi connectivity index (χ0n) is 12.0. The van der Waals surface area contributed by atoms with E-state index in [1.165, 1.54) is 11.6 Å². The fourth-order valence-electron chi connectivity index (χ4n) is 1.62. The lowest BCUT2D eigenvalue weighted by molar-refractivity contribution is -0.384. The SMILES string of the molecule is CC(C)(C)[Si](C)(C)CCc1ccc([N+](=O)[O-])cc1. The van der Waals surface area contributed by atoms with E-state index in [2.05, 4.69) is 33.9 Å². The second-order valence-corrected chi connectivity index (χ2v) is 12.3. The monoisotopic (exact) mass is 265 g/mol. The standard InChI is InChI=1S/C14H23NO2Si/c1-14(2,3)18(4,5)11-10-12-6-8-13(9-7-12)15(16)17/h6-9H,10-11H2,1-5H3. The average molecular weight is 265 g/mol. The average Bonchev–Trinajstić information content (AvgIpc) is 2.25. The Morgan fingerprint density at radius 1 is 1.17 bits per heavy atom. The van der Waals surface area contributed by atoms with E-state index >= 15 is 0 Å². The van der Waals surface area contributed by atoms with Crippen molar-refractivity contribution in [2.45, 2.75) is 51.4 Å². The third-order valence-corrected chi connectivity index (χ3v) is 9.78. The first kappa shape index (κ1) is 14.9. The van der Waals surface area contributed by atoms with Crippen molar-refractivity contribution in [3.8, 4) is 0 Å². The molecule has 3 nitrogen and oxygen atoms in total. The highest BCUT2D eigenvalue weighted by atomic mass is 28.3. The first-order valence-corrected chi connectivity index (χ1v) is 9.57. The molecule has 0 aliphatic carbocycles. The maximum absolute atomic E-state index is 10.6. The maximum atomic E-state index is 10.6. The second kappa shape index (κ2) is 5.22. The van der Waals surface area contributed by atoms with Gasteiger partial charge in [-0.3, -0.25) is 10.1 Å². The van der Waals surface area contributed by atoms with Crippen LogP contribution in [0.5, 0.6) is 0 Å². The van der Waals surface area contributed by atoms with E-state index in [1.54, 1.807) is 12.1 Å². The molecule has 18 heavy (non-hydrogen) atoms. The quantitative estimate of drug-likeness (QED) is 0.452. The van der Waals surface area contributed by atoms with E-state index in [0.29, 0.717) is 5.04 Å². The summed E-state index contributed by atoms with van der Waals surface area (Å²) in [5.41, 5.74) is 1.37. The van der Waals surface area contributed by atoms with Gasteiger partial charge in [-0.1, -0.05) is 52.0 Å². The highest BCUT2D eigenvalue weighted by Crippen LogP contribution is 2.39. The van der Waals surface area contributed by atoms with Crippen LogP contribution in [0.1, 0.15) is 26.3 Å². The minimum Gasteiger partial charge on any atom is -0.258 e. The number of aryl methyl sites for hydroxylation is 1. The van der Waals surface area contributed by atoms with Gasteiger partial charge in [0.15, 0.2) is 0 Å². The van der Waals surface area contributed by atoms with Gasteiger partial charge in [0.25, 0.3) is 5.69 Å². The maximum Gasteiger partial charge on any atom is 0.269 e. The summed E-state index contributed by atoms with van der Waals surface area (Å²) in [4.78, 5) is 10.2. The Bertz CT molecular complexity index is 418. The summed E-state index contributed by atoms with van der Waals surface area (Å²) in [5.74, 6) is 0. The topological polar surface area (TPSA) is 43.1 Å². The van der Waals surface area contributed by atoms with Crippen molar-refractivity contribution in [3.05, 3.63) is 39.9 Å². The van der Waals surface area contributed by atoms with Crippen molar-refractivity contribution >= 4 is 13.8 Å². The third-order valence-electron chi connectivity index (χ3n) is 4.22. The number of nitrogens with zero attached hydrogens (tertiary/aromatic N) is 1. The Morgan fingerprint density at radius 2 is 1.67 bits per heavy atom. The number of nitro groups is 1. The molecule has 0 bridgehead atoms. The third kappa shape index (κ3) is 3.67. The van der Waals surface area contributed by atoms with E-state index in [4.69, 9.17) is 0 Å². The van der Waals surface area contributed by atoms with Crippen LogP contribution < -0.4 is 0 Å². The highest BCUT2D eigenvalue weighted by Gasteiger charge is 2.34. The van der Waals surface area contributed by atoms with Crippen molar-refractivity contribution < 1.29 is 4.92 Å². The molecule has 0 aliphatic rings. The van der Waals surface area contributed by atoms with Crippen LogP contribution in [0, 0.1) is 10.1 Å². The molecular weight excluding hydrogens is 242 g/mol. The summed E-state index contributed by atoms with van der Waals surface area (Å²) in [5, 5.41) is 11.0. The zero-order chi connectivity index (χ0) is 14.0. The molecule has 0 saturated heterocycles. The Morgan fingerprint density at radius 3 is 2.06 bits per heavy atom. The summed E-state index contributed by atoms with van der Waals surface area (Å²) in [6.45, 7) is 11.8. The second-order valence-electron chi connectivity index (χ2n) is 6.56. The fourth-order valence-corrected chi connectivity index (χ4v) is 3.28. The summed E-state index contributed by atoms with van der Waals surface area (Å²) in [6.07, 6.45) is 1.02. The lowest BCUT2D eigenvalue weighted by Gasteiger charge is -2.37. The van der Waals surface area contributed by atoms with Gasteiger partial charge in [-0.15, -0.1) is 0 Å². The van der Waals surface area contributed by atoms with Crippen molar-refractivity contribution in [1.29, 1.82) is 0 Å². The van der Waals surface area contributed by atoms with E-state index in [-0.39, 0.29) is 10.6 Å². The number of hydrogen-bond donors (Lipinski definition) is 0. The number of non-ortho nitro benzene ring substituents is 1. The zero-order valence-corrected chi connectivity index (χ0v) is 13.0. The van der Waals surface area contributed by atoms with Gasteiger partial charge in [-0.25, -0.2) is 0 Å². The van der Waals surface area contributed by atoms with Crippen LogP contribution in [0.4, 0.5) is 5.69 Å². The predicted molar refractivity (Wildman–Crippen MR) is 78.8 cm³/mol. The number of rotatable bonds is 4. The summed E-state index contributed by atoms with van der Waals surface area (Å²) >= 11 is 0. The Balaban J connectivity index is 2.67. The van der Waals surface area contributed by atoms with Gasteiger partial charge in [0.2, 0.25) is 0 Å². The van der Waals surface area contributed by atoms with Crippen LogP contribution in [0.15, 0.2) is 24.3 Å². The molecule has 0 unspecified atom stereocenters. The molecule has 0 amide bonds. The van der Waals surface area contributed by atoms with Crippen LogP contribution >= 0.6 is 0 Å². The van der Waals surface area contributed by atoms with Gasteiger partial charge in [0.05, 0.1) is 13.0 Å². The first-order chi connectivity index (χ1) is 8.13. The molecule has 0 radical (unpaired) electrons. The largest absolute Gasteiger partial charge is 0.269 e. The molecular formula is C14H23NO2Si. The minimum atomic E-state index is -1.26. The normalized spacial score (nSPS) is 12.5. The van der Waals surface area contributed by atoms with Crippen LogP contribution in [0.25, 0.3) is 0 Å². The molecule has 0 heterocycles. The van der Waals surface area contributed by atoms with E-state index in [9.17, 15) is 10.1 Å². The fraction of sp³-hybridized carbons (Fsp3) is 0.571. The van der Waals surface area contributed by atoms with E-state index < -0.39 is 8.07 Å². The van der Waals surface area contributed by atoms with Crippen molar-refractivity contribution in [1.82, 2.24) is 0 Å². The molecule has 0 N–H and O–H groups in total. The van der Waals surface area contributed by atoms with Crippen LogP contribution in [0.3, 0.4) is 0 Å². The molecule has 1 aromatic carbocycles. The van der Waals surface area contributed by atoms with Gasteiger partial charge < -0.3 is 0 Å². The summed E-state index contributed by atoms with van der Waals surface area (Å²) in [7, 11) is -1.26. The van der Waals surface area contributed by atoms with E-state index in [0.717, 1.165) is 6.42 Å². The molecule has 4 heteroatoms. The molecule has 1 rings (SSSR count). The predicted octanol–water partition coefficient (Wildman–Crippen LogP) is 4.65. The Kier molecular flexibility index (Phi) is 4.32. The van der Waals surface area contributed by atoms with Gasteiger partial charge in [0.1, 0.15) is 0 Å². The lowest BCUT2D eigenvalue weighted by atomic mass is 10.1. The summed E-state index contributed by atoms with van der Waals surface area (Å²) < 4.78 is 0. The number of benzene rings is 1. The van der Waals surface area contributed by atoms with Crippen LogP contribution in [-0.4, -0.2) is 13.0 Å². The number of hydrogen-bond acceptors (Lipinski definition) is 2.